The van der Waals surface area contributed by atoms with Crippen molar-refractivity contribution in [2.75, 3.05) is 33.4 Å². The quantitative estimate of drug-likeness (QED) is 0.259. The zero-order chi connectivity index (χ0) is 9.23. The molecule has 5 N–H and O–H groups in total. The SMILES string of the molecule is COCCCNCCN=C(N)N. The van der Waals surface area contributed by atoms with Gasteiger partial charge in [0, 0.05) is 20.3 Å². The Balaban J connectivity index is 2.96. The highest BCUT2D eigenvalue weighted by Gasteiger charge is 1.86. The van der Waals surface area contributed by atoms with E-state index in [0.29, 0.717) is 6.54 Å². The van der Waals surface area contributed by atoms with Gasteiger partial charge in [0.25, 0.3) is 0 Å². The molecule has 5 nitrogen and oxygen atoms in total. The Kier molecular flexibility index (Phi) is 7.73. The highest BCUT2D eigenvalue weighted by molar-refractivity contribution is 5.75. The van der Waals surface area contributed by atoms with Gasteiger partial charge in [0.1, 0.15) is 0 Å². The first-order valence-electron chi connectivity index (χ1n) is 4.02. The van der Waals surface area contributed by atoms with Gasteiger partial charge >= 0.3 is 0 Å². The lowest BCUT2D eigenvalue weighted by molar-refractivity contribution is 0.194. The minimum Gasteiger partial charge on any atom is -0.385 e. The molecule has 0 amide bonds. The van der Waals surface area contributed by atoms with E-state index in [1.807, 2.05) is 0 Å². The van der Waals surface area contributed by atoms with E-state index in [9.17, 15) is 0 Å². The minimum atomic E-state index is 0.147. The Morgan fingerprint density at radius 2 is 2.17 bits per heavy atom. The second-order valence-corrected chi connectivity index (χ2v) is 2.40. The first kappa shape index (κ1) is 11.2. The second kappa shape index (κ2) is 8.29. The molecule has 0 saturated heterocycles. The van der Waals surface area contributed by atoms with Gasteiger partial charge in [-0.3, -0.25) is 4.99 Å². The summed E-state index contributed by atoms with van der Waals surface area (Å²) >= 11 is 0. The molecule has 0 bridgehead atoms. The lowest BCUT2D eigenvalue weighted by Gasteiger charge is -2.01. The summed E-state index contributed by atoms with van der Waals surface area (Å²) in [5.74, 6) is 0.147. The van der Waals surface area contributed by atoms with Crippen LogP contribution in [-0.2, 0) is 4.74 Å². The summed E-state index contributed by atoms with van der Waals surface area (Å²) in [7, 11) is 1.69. The zero-order valence-electron chi connectivity index (χ0n) is 7.55. The number of hydrogen-bond acceptors (Lipinski definition) is 3. The van der Waals surface area contributed by atoms with Crippen LogP contribution in [0.2, 0.25) is 0 Å². The van der Waals surface area contributed by atoms with Gasteiger partial charge in [-0.2, -0.15) is 0 Å². The third-order valence-corrected chi connectivity index (χ3v) is 1.28. The Labute approximate surface area is 73.2 Å². The molecule has 0 aliphatic carbocycles. The van der Waals surface area contributed by atoms with Crippen LogP contribution in [0.15, 0.2) is 4.99 Å². The molecule has 0 heterocycles. The smallest absolute Gasteiger partial charge is 0.185 e. The Morgan fingerprint density at radius 3 is 2.75 bits per heavy atom. The summed E-state index contributed by atoms with van der Waals surface area (Å²) < 4.78 is 4.88. The summed E-state index contributed by atoms with van der Waals surface area (Å²) in [4.78, 5) is 3.82. The van der Waals surface area contributed by atoms with Crippen molar-refractivity contribution < 1.29 is 4.74 Å². The molecule has 12 heavy (non-hydrogen) atoms. The third kappa shape index (κ3) is 9.19. The lowest BCUT2D eigenvalue weighted by Crippen LogP contribution is -2.26. The van der Waals surface area contributed by atoms with Crippen LogP contribution in [0.1, 0.15) is 6.42 Å². The van der Waals surface area contributed by atoms with E-state index in [-0.39, 0.29) is 5.96 Å². The summed E-state index contributed by atoms with van der Waals surface area (Å²) in [6, 6.07) is 0. The largest absolute Gasteiger partial charge is 0.385 e. The summed E-state index contributed by atoms with van der Waals surface area (Å²) in [6.07, 6.45) is 1.01. The van der Waals surface area contributed by atoms with Gasteiger partial charge in [-0.25, -0.2) is 0 Å². The van der Waals surface area contributed by atoms with Crippen molar-refractivity contribution >= 4 is 5.96 Å². The minimum absolute atomic E-state index is 0.147. The van der Waals surface area contributed by atoms with Crippen LogP contribution in [0.25, 0.3) is 0 Å². The van der Waals surface area contributed by atoms with Crippen LogP contribution in [0, 0.1) is 0 Å². The molecule has 0 aromatic heterocycles. The van der Waals surface area contributed by atoms with Gasteiger partial charge in [0.2, 0.25) is 0 Å². The van der Waals surface area contributed by atoms with Crippen LogP contribution in [0.3, 0.4) is 0 Å². The van der Waals surface area contributed by atoms with Gasteiger partial charge < -0.3 is 21.5 Å². The van der Waals surface area contributed by atoms with Crippen molar-refractivity contribution in [2.45, 2.75) is 6.42 Å². The fourth-order valence-electron chi connectivity index (χ4n) is 0.731. The average molecular weight is 174 g/mol. The number of hydrogen-bond donors (Lipinski definition) is 3. The second-order valence-electron chi connectivity index (χ2n) is 2.40. The average Bonchev–Trinajstić information content (AvgIpc) is 2.02. The molecule has 0 aliphatic heterocycles. The van der Waals surface area contributed by atoms with E-state index >= 15 is 0 Å². The number of guanidine groups is 1. The van der Waals surface area contributed by atoms with Crippen molar-refractivity contribution in [3.8, 4) is 0 Å². The first-order chi connectivity index (χ1) is 5.77. The predicted octanol–water partition coefficient (Wildman–Crippen LogP) is -1.11. The fraction of sp³-hybridized carbons (Fsp3) is 0.857. The molecule has 0 atom stereocenters. The van der Waals surface area contributed by atoms with Crippen LogP contribution in [0.5, 0.6) is 0 Å². The van der Waals surface area contributed by atoms with E-state index in [4.69, 9.17) is 16.2 Å². The van der Waals surface area contributed by atoms with E-state index in [1.165, 1.54) is 0 Å². The van der Waals surface area contributed by atoms with E-state index in [2.05, 4.69) is 10.3 Å². The van der Waals surface area contributed by atoms with Crippen LogP contribution in [0.4, 0.5) is 0 Å². The Bertz CT molecular complexity index is 123. The van der Waals surface area contributed by atoms with Crippen molar-refractivity contribution in [2.24, 2.45) is 16.5 Å². The molecule has 0 radical (unpaired) electrons. The van der Waals surface area contributed by atoms with Crippen LogP contribution in [-0.4, -0.2) is 39.3 Å². The van der Waals surface area contributed by atoms with Crippen molar-refractivity contribution in [1.82, 2.24) is 5.32 Å². The van der Waals surface area contributed by atoms with E-state index < -0.39 is 0 Å². The molecular weight excluding hydrogens is 156 g/mol. The van der Waals surface area contributed by atoms with Gasteiger partial charge in [-0.1, -0.05) is 0 Å². The Hall–Kier alpha value is -0.810. The molecule has 0 aromatic rings. The van der Waals surface area contributed by atoms with Crippen molar-refractivity contribution in [3.63, 3.8) is 0 Å². The molecule has 0 spiro atoms. The maximum absolute atomic E-state index is 5.13. The van der Waals surface area contributed by atoms with Crippen LogP contribution < -0.4 is 16.8 Å². The van der Waals surface area contributed by atoms with Crippen molar-refractivity contribution in [3.05, 3.63) is 0 Å². The van der Waals surface area contributed by atoms with Crippen LogP contribution >= 0.6 is 0 Å². The molecule has 0 fully saturated rings. The van der Waals surface area contributed by atoms with E-state index in [1.54, 1.807) is 7.11 Å². The summed E-state index contributed by atoms with van der Waals surface area (Å²) in [5.41, 5.74) is 10.3. The number of aliphatic imine (C=N–C) groups is 1. The van der Waals surface area contributed by atoms with Gasteiger partial charge in [-0.05, 0) is 13.0 Å². The highest BCUT2D eigenvalue weighted by atomic mass is 16.5. The molecule has 5 heteroatoms. The summed E-state index contributed by atoms with van der Waals surface area (Å²) in [6.45, 7) is 3.17. The molecule has 0 aromatic carbocycles. The topological polar surface area (TPSA) is 85.7 Å². The van der Waals surface area contributed by atoms with Gasteiger partial charge in [0.15, 0.2) is 5.96 Å². The zero-order valence-corrected chi connectivity index (χ0v) is 7.55. The first-order valence-corrected chi connectivity index (χ1v) is 4.02. The van der Waals surface area contributed by atoms with Crippen molar-refractivity contribution in [1.29, 1.82) is 0 Å². The van der Waals surface area contributed by atoms with Gasteiger partial charge in [-0.15, -0.1) is 0 Å². The number of nitrogens with two attached hydrogens (primary N) is 2. The third-order valence-electron chi connectivity index (χ3n) is 1.28. The fourth-order valence-corrected chi connectivity index (χ4v) is 0.731. The number of rotatable bonds is 7. The normalized spacial score (nSPS) is 9.75. The highest BCUT2D eigenvalue weighted by Crippen LogP contribution is 1.76. The molecule has 0 aliphatic rings. The van der Waals surface area contributed by atoms with Gasteiger partial charge in [0.05, 0.1) is 6.54 Å². The molecule has 0 unspecified atom stereocenters. The summed E-state index contributed by atoms with van der Waals surface area (Å²) in [5, 5.41) is 3.18. The Morgan fingerprint density at radius 1 is 1.42 bits per heavy atom. The molecule has 72 valence electrons. The standard InChI is InChI=1S/C7H18N4O/c1-12-6-2-3-10-4-5-11-7(8)9/h10H,2-6H2,1H3,(H4,8,9,11). The molecular formula is C7H18N4O. The van der Waals surface area contributed by atoms with E-state index in [0.717, 1.165) is 26.1 Å². The number of nitrogens with zero attached hydrogens (tertiary/aromatic N) is 1. The maximum Gasteiger partial charge on any atom is 0.185 e. The predicted molar refractivity (Wildman–Crippen MR) is 50.0 cm³/mol. The lowest BCUT2D eigenvalue weighted by atomic mass is 10.4. The number of ether oxygens (including phenoxy) is 1. The molecule has 0 saturated carbocycles. The number of methoxy groups -OCH3 is 1. The maximum atomic E-state index is 5.13. The monoisotopic (exact) mass is 174 g/mol. The number of nitrogens with one attached hydrogen (secondary N) is 1. The molecule has 0 rings (SSSR count).